The van der Waals surface area contributed by atoms with Crippen LogP contribution in [0, 0.1) is 10.1 Å². The maximum atomic E-state index is 12.2. The zero-order chi connectivity index (χ0) is 22.2. The molecule has 2 N–H and O–H groups in total. The molecule has 0 aliphatic rings. The van der Waals surface area contributed by atoms with E-state index in [1.165, 1.54) is 36.7 Å². The van der Waals surface area contributed by atoms with E-state index in [1.807, 2.05) is 0 Å². The third-order valence-corrected chi connectivity index (χ3v) is 4.08. The summed E-state index contributed by atoms with van der Waals surface area (Å²) in [4.78, 5) is 37.1. The summed E-state index contributed by atoms with van der Waals surface area (Å²) in [7, 11) is 0. The lowest BCUT2D eigenvalue weighted by molar-refractivity contribution is -0.385. The Bertz CT molecular complexity index is 1140. The second-order valence-corrected chi connectivity index (χ2v) is 6.16. The van der Waals surface area contributed by atoms with Crippen molar-refractivity contribution < 1.29 is 24.4 Å². The van der Waals surface area contributed by atoms with Crippen LogP contribution in [0.3, 0.4) is 0 Å². The molecule has 3 aromatic rings. The number of carbonyl (C=O) groups excluding carboxylic acids is 1. The summed E-state index contributed by atoms with van der Waals surface area (Å²) in [6.07, 6.45) is 2.62. The lowest BCUT2D eigenvalue weighted by Crippen LogP contribution is -2.20. The summed E-state index contributed by atoms with van der Waals surface area (Å²) in [5, 5.41) is 23.8. The van der Waals surface area contributed by atoms with Crippen molar-refractivity contribution in [2.45, 2.75) is 6.61 Å². The fourth-order valence-electron chi connectivity index (χ4n) is 2.56. The van der Waals surface area contributed by atoms with Crippen LogP contribution in [0.5, 0.6) is 5.75 Å². The van der Waals surface area contributed by atoms with Crippen LogP contribution in [0.15, 0.2) is 72.0 Å². The molecule has 0 atom stereocenters. The third-order valence-electron chi connectivity index (χ3n) is 4.08. The van der Waals surface area contributed by atoms with Gasteiger partial charge in [-0.3, -0.25) is 14.9 Å². The van der Waals surface area contributed by atoms with Crippen molar-refractivity contribution in [3.8, 4) is 5.75 Å². The maximum absolute atomic E-state index is 12.2. The molecule has 10 heteroatoms. The van der Waals surface area contributed by atoms with Crippen LogP contribution in [0.1, 0.15) is 32.0 Å². The van der Waals surface area contributed by atoms with E-state index < -0.39 is 22.5 Å². The van der Waals surface area contributed by atoms with Gasteiger partial charge in [-0.25, -0.2) is 15.2 Å². The first-order valence-corrected chi connectivity index (χ1v) is 8.92. The first-order chi connectivity index (χ1) is 15.0. The summed E-state index contributed by atoms with van der Waals surface area (Å²) < 4.78 is 5.76. The Morgan fingerprint density at radius 3 is 2.58 bits per heavy atom. The third kappa shape index (κ3) is 5.48. The summed E-state index contributed by atoms with van der Waals surface area (Å²) in [6.45, 7) is 0.192. The van der Waals surface area contributed by atoms with E-state index in [9.17, 15) is 19.7 Å². The van der Waals surface area contributed by atoms with Gasteiger partial charge in [-0.1, -0.05) is 24.3 Å². The fraction of sp³-hybridized carbons (Fsp3) is 0.0476. The lowest BCUT2D eigenvalue weighted by Gasteiger charge is -2.09. The molecule has 0 aliphatic carbocycles. The first kappa shape index (κ1) is 21.1. The fourth-order valence-corrected chi connectivity index (χ4v) is 2.56. The van der Waals surface area contributed by atoms with E-state index in [0.29, 0.717) is 11.3 Å². The summed E-state index contributed by atoms with van der Waals surface area (Å²) >= 11 is 0. The zero-order valence-corrected chi connectivity index (χ0v) is 16.0. The molecule has 0 aliphatic heterocycles. The second kappa shape index (κ2) is 9.74. The van der Waals surface area contributed by atoms with Gasteiger partial charge in [0.1, 0.15) is 12.4 Å². The number of benzene rings is 2. The molecule has 2 aromatic carbocycles. The zero-order valence-electron chi connectivity index (χ0n) is 16.0. The number of para-hydroxylation sites is 1. The van der Waals surface area contributed by atoms with Gasteiger partial charge in [0, 0.05) is 17.8 Å². The number of carboxylic acids is 1. The van der Waals surface area contributed by atoms with Crippen LogP contribution >= 0.6 is 0 Å². The number of nitrogens with zero attached hydrogens (tertiary/aromatic N) is 3. The highest BCUT2D eigenvalue weighted by atomic mass is 16.6. The van der Waals surface area contributed by atoms with Crippen LogP contribution < -0.4 is 10.2 Å². The highest BCUT2D eigenvalue weighted by Gasteiger charge is 2.20. The number of carboxylic acid groups (broad SMARTS) is 1. The molecule has 0 fully saturated rings. The minimum atomic E-state index is -1.01. The molecule has 10 nitrogen and oxygen atoms in total. The quantitative estimate of drug-likeness (QED) is 0.324. The number of carbonyl (C=O) groups is 2. The van der Waals surface area contributed by atoms with Crippen LogP contribution in [-0.4, -0.2) is 33.1 Å². The molecule has 156 valence electrons. The second-order valence-electron chi connectivity index (χ2n) is 6.16. The summed E-state index contributed by atoms with van der Waals surface area (Å²) in [5.41, 5.74) is 2.95. The number of hydrogen-bond acceptors (Lipinski definition) is 7. The van der Waals surface area contributed by atoms with Crippen molar-refractivity contribution in [2.24, 2.45) is 5.10 Å². The Hall–Kier alpha value is -4.60. The van der Waals surface area contributed by atoms with Crippen LogP contribution in [0.4, 0.5) is 5.69 Å². The van der Waals surface area contributed by atoms with Crippen molar-refractivity contribution in [2.75, 3.05) is 0 Å². The van der Waals surface area contributed by atoms with E-state index in [2.05, 4.69) is 15.5 Å². The maximum Gasteiger partial charge on any atom is 0.335 e. The molecule has 0 radical (unpaired) electrons. The number of amides is 1. The molecule has 1 heterocycles. The highest BCUT2D eigenvalue weighted by Crippen LogP contribution is 2.18. The Morgan fingerprint density at radius 2 is 1.87 bits per heavy atom. The van der Waals surface area contributed by atoms with Crippen LogP contribution in [0.25, 0.3) is 0 Å². The Labute approximate surface area is 176 Å². The predicted molar refractivity (Wildman–Crippen MR) is 110 cm³/mol. The topological polar surface area (TPSA) is 144 Å². The van der Waals surface area contributed by atoms with Crippen molar-refractivity contribution in [1.82, 2.24) is 10.4 Å². The molecule has 3 rings (SSSR count). The van der Waals surface area contributed by atoms with Crippen LogP contribution in [-0.2, 0) is 6.61 Å². The van der Waals surface area contributed by atoms with Crippen molar-refractivity contribution >= 4 is 23.8 Å². The molecule has 1 aromatic heterocycles. The van der Waals surface area contributed by atoms with Gasteiger partial charge < -0.3 is 9.84 Å². The molecular formula is C21H16N4O6. The first-order valence-electron chi connectivity index (χ1n) is 8.92. The van der Waals surface area contributed by atoms with E-state index in [4.69, 9.17) is 9.84 Å². The van der Waals surface area contributed by atoms with Gasteiger partial charge in [0.2, 0.25) is 5.69 Å². The number of hydrazone groups is 1. The number of rotatable bonds is 8. The SMILES string of the molecule is O=C(O)c1ccc(COc2ccccc2/C=N/NC(=O)c2ncccc2[N+](=O)[O-])cc1. The molecule has 0 bridgehead atoms. The molecular weight excluding hydrogens is 404 g/mol. The monoisotopic (exact) mass is 420 g/mol. The smallest absolute Gasteiger partial charge is 0.335 e. The minimum absolute atomic E-state index is 0.181. The summed E-state index contributed by atoms with van der Waals surface area (Å²) in [6, 6.07) is 15.7. The lowest BCUT2D eigenvalue weighted by atomic mass is 10.1. The molecule has 0 unspecified atom stereocenters. The number of ether oxygens (including phenoxy) is 1. The van der Waals surface area contributed by atoms with E-state index in [0.717, 1.165) is 5.56 Å². The highest BCUT2D eigenvalue weighted by molar-refractivity contribution is 5.96. The predicted octanol–water partition coefficient (Wildman–Crippen LogP) is 3.03. The van der Waals surface area contributed by atoms with Gasteiger partial charge in [-0.2, -0.15) is 5.10 Å². The average molecular weight is 420 g/mol. The number of aromatic nitrogens is 1. The Kier molecular flexibility index (Phi) is 6.64. The standard InChI is InChI=1S/C21H16N4O6/c26-20(19-17(25(29)30)5-3-11-22-19)24-23-12-16-4-1-2-6-18(16)31-13-14-7-9-15(10-8-14)21(27)28/h1-12H,13H2,(H,24,26)(H,27,28)/b23-12+. The molecule has 31 heavy (non-hydrogen) atoms. The van der Waals surface area contributed by atoms with E-state index >= 15 is 0 Å². The van der Waals surface area contributed by atoms with Gasteiger partial charge in [0.15, 0.2) is 0 Å². The Morgan fingerprint density at radius 1 is 1.13 bits per heavy atom. The largest absolute Gasteiger partial charge is 0.488 e. The molecule has 0 spiro atoms. The number of aromatic carboxylic acids is 1. The molecule has 1 amide bonds. The van der Waals surface area contributed by atoms with Gasteiger partial charge in [-0.15, -0.1) is 0 Å². The number of pyridine rings is 1. The van der Waals surface area contributed by atoms with Crippen molar-refractivity contribution in [1.29, 1.82) is 0 Å². The van der Waals surface area contributed by atoms with Crippen molar-refractivity contribution in [3.05, 3.63) is 99.4 Å². The normalized spacial score (nSPS) is 10.6. The molecule has 0 saturated heterocycles. The Balaban J connectivity index is 1.66. The number of hydrogen-bond donors (Lipinski definition) is 2. The van der Waals surface area contributed by atoms with Crippen LogP contribution in [0.2, 0.25) is 0 Å². The van der Waals surface area contributed by atoms with E-state index in [1.54, 1.807) is 36.4 Å². The molecule has 0 saturated carbocycles. The summed E-state index contributed by atoms with van der Waals surface area (Å²) in [5.74, 6) is -1.35. The average Bonchev–Trinajstić information content (AvgIpc) is 2.78. The van der Waals surface area contributed by atoms with Gasteiger partial charge in [-0.05, 0) is 35.9 Å². The van der Waals surface area contributed by atoms with E-state index in [-0.39, 0.29) is 17.9 Å². The van der Waals surface area contributed by atoms with Gasteiger partial charge >= 0.3 is 11.7 Å². The van der Waals surface area contributed by atoms with Gasteiger partial charge in [0.25, 0.3) is 5.91 Å². The number of nitro groups is 1. The number of nitrogens with one attached hydrogen (secondary N) is 1. The van der Waals surface area contributed by atoms with Gasteiger partial charge in [0.05, 0.1) is 16.7 Å². The minimum Gasteiger partial charge on any atom is -0.488 e. The van der Waals surface area contributed by atoms with Crippen molar-refractivity contribution in [3.63, 3.8) is 0 Å².